The molecule has 0 spiro atoms. The van der Waals surface area contributed by atoms with Crippen LogP contribution < -0.4 is 0 Å². The molecule has 1 aromatic heterocycles. The summed E-state index contributed by atoms with van der Waals surface area (Å²) in [6.07, 6.45) is 3.91. The molecule has 1 aliphatic heterocycles. The Balaban J connectivity index is 1.91. The molecule has 1 fully saturated rings. The van der Waals surface area contributed by atoms with Gasteiger partial charge in [0.05, 0.1) is 11.5 Å². The van der Waals surface area contributed by atoms with Gasteiger partial charge in [0.25, 0.3) is 0 Å². The zero-order valence-electron chi connectivity index (χ0n) is 11.7. The molecule has 0 radical (unpaired) electrons. The van der Waals surface area contributed by atoms with E-state index >= 15 is 0 Å². The van der Waals surface area contributed by atoms with Crippen molar-refractivity contribution in [2.24, 2.45) is 0 Å². The number of carbonyl (C=O) groups excluding carboxylic acids is 1. The molecular formula is C14H21NO4S. The Hall–Kier alpha value is -1.30. The summed E-state index contributed by atoms with van der Waals surface area (Å²) in [5, 5.41) is -0.363. The molecular weight excluding hydrogens is 278 g/mol. The van der Waals surface area contributed by atoms with Gasteiger partial charge in [0.1, 0.15) is 11.5 Å². The summed E-state index contributed by atoms with van der Waals surface area (Å²) in [5.74, 6) is 0.567. The zero-order valence-corrected chi connectivity index (χ0v) is 12.6. The van der Waals surface area contributed by atoms with Gasteiger partial charge in [-0.15, -0.1) is 0 Å². The average molecular weight is 299 g/mol. The molecule has 1 aromatic rings. The summed E-state index contributed by atoms with van der Waals surface area (Å²) in [5.41, 5.74) is 0. The number of piperidine rings is 1. The highest BCUT2D eigenvalue weighted by Crippen LogP contribution is 2.22. The zero-order chi connectivity index (χ0) is 14.6. The molecule has 1 amide bonds. The highest BCUT2D eigenvalue weighted by Gasteiger charge is 2.31. The first-order valence-corrected chi connectivity index (χ1v) is 8.76. The van der Waals surface area contributed by atoms with Crippen LogP contribution in [0.5, 0.6) is 0 Å². The third kappa shape index (κ3) is 3.62. The Morgan fingerprint density at radius 1 is 1.40 bits per heavy atom. The normalized spacial score (nSPS) is 17.4. The fourth-order valence-corrected chi connectivity index (χ4v) is 4.27. The van der Waals surface area contributed by atoms with Gasteiger partial charge in [0.2, 0.25) is 5.91 Å². The molecule has 20 heavy (non-hydrogen) atoms. The Morgan fingerprint density at radius 2 is 2.10 bits per heavy atom. The Labute approximate surface area is 119 Å². The predicted molar refractivity (Wildman–Crippen MR) is 75.8 cm³/mol. The molecule has 0 saturated carbocycles. The van der Waals surface area contributed by atoms with Gasteiger partial charge < -0.3 is 9.32 Å². The minimum absolute atomic E-state index is 0.0480. The van der Waals surface area contributed by atoms with Crippen LogP contribution in [0.2, 0.25) is 0 Å². The third-order valence-corrected chi connectivity index (χ3v) is 5.86. The van der Waals surface area contributed by atoms with Crippen LogP contribution in [-0.2, 0) is 20.4 Å². The van der Waals surface area contributed by atoms with Gasteiger partial charge >= 0.3 is 0 Å². The van der Waals surface area contributed by atoms with E-state index < -0.39 is 9.84 Å². The van der Waals surface area contributed by atoms with E-state index in [4.69, 9.17) is 4.42 Å². The highest BCUT2D eigenvalue weighted by atomic mass is 32.2. The largest absolute Gasteiger partial charge is 0.468 e. The maximum absolute atomic E-state index is 12.3. The number of hydrogen-bond donors (Lipinski definition) is 0. The quantitative estimate of drug-likeness (QED) is 0.834. The van der Waals surface area contributed by atoms with E-state index in [1.54, 1.807) is 17.0 Å². The second kappa shape index (κ2) is 6.43. The maximum atomic E-state index is 12.3. The van der Waals surface area contributed by atoms with Gasteiger partial charge in [-0.1, -0.05) is 6.92 Å². The molecule has 6 heteroatoms. The number of furan rings is 1. The van der Waals surface area contributed by atoms with Gasteiger partial charge in [-0.2, -0.15) is 0 Å². The fourth-order valence-electron chi connectivity index (χ4n) is 2.55. The van der Waals surface area contributed by atoms with Crippen molar-refractivity contribution >= 4 is 15.7 Å². The second-order valence-electron chi connectivity index (χ2n) is 5.22. The second-order valence-corrected chi connectivity index (χ2v) is 7.50. The van der Waals surface area contributed by atoms with Crippen LogP contribution in [0, 0.1) is 0 Å². The van der Waals surface area contributed by atoms with Gasteiger partial charge in [-0.05, 0) is 31.4 Å². The van der Waals surface area contributed by atoms with Gasteiger partial charge in [-0.3, -0.25) is 4.79 Å². The average Bonchev–Trinajstić information content (AvgIpc) is 2.91. The first-order chi connectivity index (χ1) is 9.53. The van der Waals surface area contributed by atoms with E-state index in [0.717, 1.165) is 6.42 Å². The van der Waals surface area contributed by atoms with Gasteiger partial charge in [0, 0.05) is 19.5 Å². The van der Waals surface area contributed by atoms with Crippen molar-refractivity contribution < 1.29 is 17.6 Å². The molecule has 2 rings (SSSR count). The lowest BCUT2D eigenvalue weighted by molar-refractivity contribution is -0.132. The molecule has 0 atom stereocenters. The molecule has 0 unspecified atom stereocenters. The molecule has 0 bridgehead atoms. The monoisotopic (exact) mass is 299 g/mol. The Bertz CT molecular complexity index is 528. The van der Waals surface area contributed by atoms with Crippen LogP contribution in [0.4, 0.5) is 0 Å². The van der Waals surface area contributed by atoms with E-state index in [9.17, 15) is 13.2 Å². The van der Waals surface area contributed by atoms with Crippen LogP contribution in [0.25, 0.3) is 0 Å². The van der Waals surface area contributed by atoms with Crippen LogP contribution in [0.1, 0.15) is 38.4 Å². The van der Waals surface area contributed by atoms with Crippen LogP contribution in [0.3, 0.4) is 0 Å². The first kappa shape index (κ1) is 15.1. The molecule has 0 N–H and O–H groups in total. The molecule has 1 saturated heterocycles. The lowest BCUT2D eigenvalue weighted by Crippen LogP contribution is -2.42. The maximum Gasteiger partial charge on any atom is 0.222 e. The summed E-state index contributed by atoms with van der Waals surface area (Å²) >= 11 is 0. The van der Waals surface area contributed by atoms with Crippen molar-refractivity contribution in [3.05, 3.63) is 24.2 Å². The van der Waals surface area contributed by atoms with E-state index in [-0.39, 0.29) is 16.9 Å². The molecule has 112 valence electrons. The predicted octanol–water partition coefficient (Wildman–Crippen LogP) is 1.99. The standard InChI is InChI=1S/C14H21NO4S/c1-2-4-14(16)15-8-6-13(7-9-15)20(17,18)11-12-5-3-10-19-12/h3,5,10,13H,2,4,6-9,11H2,1H3. The van der Waals surface area contributed by atoms with Crippen molar-refractivity contribution in [2.75, 3.05) is 13.1 Å². The summed E-state index contributed by atoms with van der Waals surface area (Å²) in [6, 6.07) is 3.37. The topological polar surface area (TPSA) is 67.6 Å². The summed E-state index contributed by atoms with van der Waals surface area (Å²) < 4.78 is 29.7. The Morgan fingerprint density at radius 3 is 2.65 bits per heavy atom. The summed E-state index contributed by atoms with van der Waals surface area (Å²) in [6.45, 7) is 3.06. The number of rotatable bonds is 5. The van der Waals surface area contributed by atoms with Crippen molar-refractivity contribution in [3.63, 3.8) is 0 Å². The molecule has 1 aliphatic rings. The smallest absolute Gasteiger partial charge is 0.222 e. The van der Waals surface area contributed by atoms with Crippen molar-refractivity contribution in [2.45, 2.75) is 43.6 Å². The van der Waals surface area contributed by atoms with Gasteiger partial charge in [0.15, 0.2) is 9.84 Å². The number of likely N-dealkylation sites (tertiary alicyclic amines) is 1. The summed E-state index contributed by atoms with van der Waals surface area (Å²) in [4.78, 5) is 13.6. The van der Waals surface area contributed by atoms with Crippen molar-refractivity contribution in [1.29, 1.82) is 0 Å². The number of hydrogen-bond acceptors (Lipinski definition) is 4. The molecule has 0 aliphatic carbocycles. The number of nitrogens with zero attached hydrogens (tertiary/aromatic N) is 1. The van der Waals surface area contributed by atoms with E-state index in [0.29, 0.717) is 38.1 Å². The number of amides is 1. The number of carbonyl (C=O) groups is 1. The number of sulfone groups is 1. The van der Waals surface area contributed by atoms with E-state index in [1.165, 1.54) is 6.26 Å². The van der Waals surface area contributed by atoms with Crippen LogP contribution in [0.15, 0.2) is 22.8 Å². The highest BCUT2D eigenvalue weighted by molar-refractivity contribution is 7.91. The Kier molecular flexibility index (Phi) is 4.86. The van der Waals surface area contributed by atoms with Crippen LogP contribution >= 0.6 is 0 Å². The van der Waals surface area contributed by atoms with Crippen molar-refractivity contribution in [1.82, 2.24) is 4.90 Å². The van der Waals surface area contributed by atoms with Crippen LogP contribution in [-0.4, -0.2) is 37.6 Å². The minimum atomic E-state index is -3.20. The van der Waals surface area contributed by atoms with E-state index in [2.05, 4.69) is 0 Å². The lowest BCUT2D eigenvalue weighted by atomic mass is 10.1. The first-order valence-electron chi connectivity index (χ1n) is 7.04. The van der Waals surface area contributed by atoms with Gasteiger partial charge in [-0.25, -0.2) is 8.42 Å². The fraction of sp³-hybridized carbons (Fsp3) is 0.643. The molecule has 5 nitrogen and oxygen atoms in total. The van der Waals surface area contributed by atoms with E-state index in [1.807, 2.05) is 6.92 Å². The lowest BCUT2D eigenvalue weighted by Gasteiger charge is -2.31. The minimum Gasteiger partial charge on any atom is -0.468 e. The van der Waals surface area contributed by atoms with Crippen molar-refractivity contribution in [3.8, 4) is 0 Å². The third-order valence-electron chi connectivity index (χ3n) is 3.69. The molecule has 2 heterocycles. The molecule has 0 aromatic carbocycles. The summed E-state index contributed by atoms with van der Waals surface area (Å²) in [7, 11) is -3.20. The SMILES string of the molecule is CCCC(=O)N1CCC(S(=O)(=O)Cc2ccco2)CC1.